The Bertz CT molecular complexity index is 15.7. The van der Waals surface area contributed by atoms with Gasteiger partial charge in [-0.25, -0.2) is 0 Å². The first kappa shape index (κ1) is 34.6. The van der Waals surface area contributed by atoms with Gasteiger partial charge in [-0.1, -0.05) is 0 Å². The minimum absolute atomic E-state index is 0. The van der Waals surface area contributed by atoms with Crippen molar-refractivity contribution in [1.82, 2.24) is 0 Å². The fraction of sp³-hybridized carbons (Fsp3) is 0. The third kappa shape index (κ3) is 17.8. The van der Waals surface area contributed by atoms with E-state index in [-0.39, 0.29) is 141 Å². The van der Waals surface area contributed by atoms with Crippen LogP contribution < -0.4 is 0 Å². The van der Waals surface area contributed by atoms with Crippen LogP contribution in [0.2, 0.25) is 0 Å². The molecule has 0 fully saturated rings. The molecule has 0 atom stereocenters. The summed E-state index contributed by atoms with van der Waals surface area (Å²) >= 11 is 0. The summed E-state index contributed by atoms with van der Waals surface area (Å²) in [4.78, 5) is 0. The van der Waals surface area contributed by atoms with Gasteiger partial charge in [-0.3, -0.25) is 0 Å². The molecular formula is H4BaCdCl2Er. The van der Waals surface area contributed by atoms with Crippen molar-refractivity contribution in [3.63, 3.8) is 0 Å². The molecular weight excluding hydrogens is 488 g/mol. The van der Waals surface area contributed by atoms with Crippen LogP contribution in [0, 0.1) is 37.3 Å². The predicted molar refractivity (Wildman–Crippen MR) is 22.5 cm³/mol. The average Bonchev–Trinajstić information content (AvgIpc) is 0. The molecule has 0 aliphatic heterocycles. The summed E-state index contributed by atoms with van der Waals surface area (Å²) in [6.07, 6.45) is 0. The SMILES string of the molecule is Cl.Cl.[Ba+2].[Cd].[Er].[H-].[H-]. The zero-order valence-electron chi connectivity index (χ0n) is 4.52. The Kier molecular flexibility index (Phi) is 165. The van der Waals surface area contributed by atoms with Crippen molar-refractivity contribution >= 4 is 73.7 Å². The summed E-state index contributed by atoms with van der Waals surface area (Å²) in [6, 6.07) is 0. The van der Waals surface area contributed by atoms with Crippen LogP contribution in [-0.4, -0.2) is 48.9 Å². The van der Waals surface area contributed by atoms with E-state index in [1.165, 1.54) is 0 Å². The maximum Gasteiger partial charge on any atom is 2.00 e. The Balaban J connectivity index is 0. The van der Waals surface area contributed by atoms with E-state index in [9.17, 15) is 0 Å². The fourth-order valence-corrected chi connectivity index (χ4v) is 0. The Morgan fingerprint density at radius 3 is 1.00 bits per heavy atom. The molecule has 5 heteroatoms. The summed E-state index contributed by atoms with van der Waals surface area (Å²) in [5.41, 5.74) is 0. The van der Waals surface area contributed by atoms with Crippen LogP contribution in [0.1, 0.15) is 2.85 Å². The van der Waals surface area contributed by atoms with Gasteiger partial charge in [-0.2, -0.15) is 0 Å². The zero-order valence-corrected chi connectivity index (χ0v) is 14.5. The van der Waals surface area contributed by atoms with E-state index >= 15 is 0 Å². The van der Waals surface area contributed by atoms with Crippen LogP contribution in [0.4, 0.5) is 0 Å². The normalized spacial score (nSPS) is 0. The van der Waals surface area contributed by atoms with Crippen LogP contribution in [0.15, 0.2) is 0 Å². The van der Waals surface area contributed by atoms with E-state index < -0.39 is 0 Å². The second-order valence-corrected chi connectivity index (χ2v) is 0. The molecule has 0 N–H and O–H groups in total. The third-order valence-electron chi connectivity index (χ3n) is 0. The van der Waals surface area contributed by atoms with Crippen LogP contribution in [0.5, 0.6) is 0 Å². The fourth-order valence-electron chi connectivity index (χ4n) is 0. The summed E-state index contributed by atoms with van der Waals surface area (Å²) in [5.74, 6) is 0. The van der Waals surface area contributed by atoms with Gasteiger partial charge in [0.2, 0.25) is 0 Å². The first-order valence-corrected chi connectivity index (χ1v) is 0. The van der Waals surface area contributed by atoms with Crippen molar-refractivity contribution in [3.8, 4) is 0 Å². The molecule has 0 heterocycles. The molecule has 0 aliphatic rings. The molecule has 0 aliphatic carbocycles. The largest absolute Gasteiger partial charge is 2.00 e. The molecule has 0 saturated carbocycles. The first-order chi connectivity index (χ1) is 0. The van der Waals surface area contributed by atoms with Gasteiger partial charge in [0.25, 0.3) is 0 Å². The third-order valence-corrected chi connectivity index (χ3v) is 0. The van der Waals surface area contributed by atoms with Gasteiger partial charge in [0.15, 0.2) is 0 Å². The molecule has 0 unspecified atom stereocenters. The molecule has 0 nitrogen and oxygen atoms in total. The monoisotopic (exact) mass is 492 g/mol. The molecule has 0 radical (unpaired) electrons. The minimum atomic E-state index is 0. The van der Waals surface area contributed by atoms with Crippen molar-refractivity contribution in [2.45, 2.75) is 0 Å². The van der Waals surface area contributed by atoms with E-state index in [0.29, 0.717) is 0 Å². The minimum Gasteiger partial charge on any atom is -1.00 e. The molecule has 0 spiro atoms. The van der Waals surface area contributed by atoms with Crippen molar-refractivity contribution in [1.29, 1.82) is 0 Å². The maximum absolute atomic E-state index is 0. The van der Waals surface area contributed by atoms with E-state index in [1.54, 1.807) is 0 Å². The van der Waals surface area contributed by atoms with Crippen LogP contribution in [0.25, 0.3) is 0 Å². The van der Waals surface area contributed by atoms with E-state index in [4.69, 9.17) is 0 Å². The number of hydrogen-bond acceptors (Lipinski definition) is 0. The quantitative estimate of drug-likeness (QED) is 0.437. The van der Waals surface area contributed by atoms with Crippen molar-refractivity contribution in [2.75, 3.05) is 0 Å². The standard InChI is InChI=1S/Ba.Cd.2ClH.Er.2H/h;;2*1H;;;/q+2;;;;;2*-1. The molecule has 0 saturated heterocycles. The number of halogens is 2. The summed E-state index contributed by atoms with van der Waals surface area (Å²) in [7, 11) is 0. The average molecular weight is 492 g/mol. The van der Waals surface area contributed by atoms with Gasteiger partial charge in [-0.05, 0) is 0 Å². The van der Waals surface area contributed by atoms with Gasteiger partial charge < -0.3 is 2.85 Å². The van der Waals surface area contributed by atoms with Crippen molar-refractivity contribution < 1.29 is 67.5 Å². The Hall–Kier alpha value is 4.32. The van der Waals surface area contributed by atoms with Gasteiger partial charge >= 0.3 is 48.9 Å². The maximum atomic E-state index is 0. The van der Waals surface area contributed by atoms with Crippen molar-refractivity contribution in [2.24, 2.45) is 0 Å². The molecule has 34 valence electrons. The number of hydrogen-bond donors (Lipinski definition) is 0. The van der Waals surface area contributed by atoms with E-state index in [0.717, 1.165) is 0 Å². The Morgan fingerprint density at radius 2 is 1.00 bits per heavy atom. The molecule has 0 aromatic carbocycles. The van der Waals surface area contributed by atoms with E-state index in [2.05, 4.69) is 0 Å². The van der Waals surface area contributed by atoms with Crippen LogP contribution in [-0.2, 0) is 27.3 Å². The van der Waals surface area contributed by atoms with Crippen molar-refractivity contribution in [3.05, 3.63) is 0 Å². The first-order valence-electron chi connectivity index (χ1n) is 0. The predicted octanol–water partition coefficient (Wildman–Crippen LogP) is 0.685. The van der Waals surface area contributed by atoms with E-state index in [1.807, 2.05) is 0 Å². The molecule has 5 heavy (non-hydrogen) atoms. The smallest absolute Gasteiger partial charge is 1.00 e. The molecule has 0 aromatic rings. The molecule has 0 aromatic heterocycles. The summed E-state index contributed by atoms with van der Waals surface area (Å²) < 4.78 is 0. The second kappa shape index (κ2) is 23.9. The van der Waals surface area contributed by atoms with Crippen LogP contribution >= 0.6 is 24.8 Å². The van der Waals surface area contributed by atoms with Gasteiger partial charge in [0.1, 0.15) is 0 Å². The Morgan fingerprint density at radius 1 is 1.00 bits per heavy atom. The summed E-state index contributed by atoms with van der Waals surface area (Å²) in [6.45, 7) is 0. The van der Waals surface area contributed by atoms with Gasteiger partial charge in [-0.15, -0.1) is 24.8 Å². The summed E-state index contributed by atoms with van der Waals surface area (Å²) in [5, 5.41) is 0. The van der Waals surface area contributed by atoms with Crippen LogP contribution in [0.3, 0.4) is 0 Å². The Labute approximate surface area is 137 Å². The molecule has 0 bridgehead atoms. The second-order valence-electron chi connectivity index (χ2n) is 0. The number of rotatable bonds is 0. The van der Waals surface area contributed by atoms with Gasteiger partial charge in [0.05, 0.1) is 0 Å². The molecule has 0 rings (SSSR count). The molecule has 0 amide bonds. The van der Waals surface area contributed by atoms with Gasteiger partial charge in [0, 0.05) is 64.6 Å². The topological polar surface area (TPSA) is 0 Å². The zero-order chi connectivity index (χ0) is 0.